The lowest BCUT2D eigenvalue weighted by Crippen LogP contribution is -2.30. The van der Waals surface area contributed by atoms with Crippen LogP contribution in [0.4, 0.5) is 0 Å². The molecule has 6 heteroatoms. The Balaban J connectivity index is 3.89. The summed E-state index contributed by atoms with van der Waals surface area (Å²) in [6.45, 7) is 6.52. The van der Waals surface area contributed by atoms with Gasteiger partial charge in [-0.15, -0.1) is 0 Å². The van der Waals surface area contributed by atoms with E-state index >= 15 is 0 Å². The number of ether oxygens (including phenoxy) is 3. The van der Waals surface area contributed by atoms with Gasteiger partial charge in [-0.1, -0.05) is 283 Å². The summed E-state index contributed by atoms with van der Waals surface area (Å²) < 4.78 is 16.7. The van der Waals surface area contributed by atoms with Gasteiger partial charge in [-0.2, -0.15) is 0 Å². The summed E-state index contributed by atoms with van der Waals surface area (Å²) in [6, 6.07) is 0. The number of esters is 3. The molecule has 0 aromatic heterocycles. The SMILES string of the molecule is CCC/C=C\C/C=C\CCCCCCCC(=O)OC(COC(=O)CCCCCCC)COC(=O)CCCCCCCCCCCCCCCCCCCCCCCCCCCCCCCC. The highest BCUT2D eigenvalue weighted by molar-refractivity contribution is 5.71. The fourth-order valence-corrected chi connectivity index (χ4v) is 8.78. The van der Waals surface area contributed by atoms with Crippen molar-refractivity contribution in [1.29, 1.82) is 0 Å². The van der Waals surface area contributed by atoms with Crippen LogP contribution in [0.2, 0.25) is 0 Å². The van der Waals surface area contributed by atoms with Gasteiger partial charge in [-0.3, -0.25) is 14.4 Å². The van der Waals surface area contributed by atoms with Gasteiger partial charge < -0.3 is 14.2 Å². The molecule has 0 aliphatic rings. The molecule has 1 unspecified atom stereocenters. The Hall–Kier alpha value is -2.11. The Morgan fingerprint density at radius 1 is 0.303 bits per heavy atom. The highest BCUT2D eigenvalue weighted by atomic mass is 16.6. The zero-order valence-corrected chi connectivity index (χ0v) is 44.5. The molecule has 0 N–H and O–H groups in total. The third kappa shape index (κ3) is 52.9. The Morgan fingerprint density at radius 2 is 0.576 bits per heavy atom. The van der Waals surface area contributed by atoms with Crippen LogP contribution < -0.4 is 0 Å². The zero-order chi connectivity index (χ0) is 47.9. The third-order valence-corrected chi connectivity index (χ3v) is 13.2. The van der Waals surface area contributed by atoms with E-state index in [1.807, 2.05) is 0 Å². The molecular formula is C60H112O6. The summed E-state index contributed by atoms with van der Waals surface area (Å²) in [7, 11) is 0. The molecule has 0 aliphatic heterocycles. The number of allylic oxidation sites excluding steroid dienone is 4. The first-order valence-corrected chi connectivity index (χ1v) is 29.3. The minimum atomic E-state index is -0.771. The van der Waals surface area contributed by atoms with Crippen LogP contribution in [0.1, 0.15) is 323 Å². The van der Waals surface area contributed by atoms with Gasteiger partial charge in [0.2, 0.25) is 0 Å². The molecule has 0 aliphatic carbocycles. The van der Waals surface area contributed by atoms with E-state index in [1.54, 1.807) is 0 Å². The Bertz CT molecular complexity index is 1070. The van der Waals surface area contributed by atoms with Gasteiger partial charge >= 0.3 is 17.9 Å². The van der Waals surface area contributed by atoms with Crippen LogP contribution in [-0.4, -0.2) is 37.2 Å². The van der Waals surface area contributed by atoms with E-state index in [9.17, 15) is 14.4 Å². The van der Waals surface area contributed by atoms with Crippen molar-refractivity contribution < 1.29 is 28.6 Å². The summed E-state index contributed by atoms with van der Waals surface area (Å²) in [5.41, 5.74) is 0. The number of hydrogen-bond acceptors (Lipinski definition) is 6. The lowest BCUT2D eigenvalue weighted by Gasteiger charge is -2.18. The van der Waals surface area contributed by atoms with Crippen LogP contribution >= 0.6 is 0 Å². The van der Waals surface area contributed by atoms with E-state index in [-0.39, 0.29) is 31.1 Å². The molecule has 0 aromatic rings. The first-order chi connectivity index (χ1) is 32.5. The molecule has 0 saturated heterocycles. The van der Waals surface area contributed by atoms with Crippen molar-refractivity contribution in [3.63, 3.8) is 0 Å². The molecule has 66 heavy (non-hydrogen) atoms. The average Bonchev–Trinajstić information content (AvgIpc) is 3.31. The van der Waals surface area contributed by atoms with Crippen molar-refractivity contribution in [3.05, 3.63) is 24.3 Å². The molecule has 0 aromatic carbocycles. The Kier molecular flexibility index (Phi) is 53.7. The predicted molar refractivity (Wildman–Crippen MR) is 284 cm³/mol. The lowest BCUT2D eigenvalue weighted by atomic mass is 10.0. The van der Waals surface area contributed by atoms with Gasteiger partial charge in [0, 0.05) is 19.3 Å². The van der Waals surface area contributed by atoms with Gasteiger partial charge in [0.15, 0.2) is 6.10 Å². The van der Waals surface area contributed by atoms with E-state index in [0.717, 1.165) is 96.3 Å². The summed E-state index contributed by atoms with van der Waals surface area (Å²) in [6.07, 6.45) is 65.3. The van der Waals surface area contributed by atoms with Crippen LogP contribution in [0.5, 0.6) is 0 Å². The fourth-order valence-electron chi connectivity index (χ4n) is 8.78. The second-order valence-corrected chi connectivity index (χ2v) is 19.9. The minimum Gasteiger partial charge on any atom is -0.462 e. The van der Waals surface area contributed by atoms with E-state index in [4.69, 9.17) is 14.2 Å². The van der Waals surface area contributed by atoms with Crippen molar-refractivity contribution in [2.75, 3.05) is 13.2 Å². The van der Waals surface area contributed by atoms with Crippen molar-refractivity contribution in [2.24, 2.45) is 0 Å². The first-order valence-electron chi connectivity index (χ1n) is 29.3. The van der Waals surface area contributed by atoms with Crippen molar-refractivity contribution >= 4 is 17.9 Å². The second-order valence-electron chi connectivity index (χ2n) is 19.9. The largest absolute Gasteiger partial charge is 0.462 e. The summed E-state index contributed by atoms with van der Waals surface area (Å²) in [5.74, 6) is -0.888. The number of unbranched alkanes of at least 4 members (excludes halogenated alkanes) is 39. The van der Waals surface area contributed by atoms with Crippen LogP contribution in [0.25, 0.3) is 0 Å². The summed E-state index contributed by atoms with van der Waals surface area (Å²) in [5, 5.41) is 0. The normalized spacial score (nSPS) is 12.1. The number of hydrogen-bond donors (Lipinski definition) is 0. The molecule has 0 heterocycles. The van der Waals surface area contributed by atoms with Gasteiger partial charge in [0.1, 0.15) is 13.2 Å². The van der Waals surface area contributed by atoms with Gasteiger partial charge in [-0.05, 0) is 44.9 Å². The Morgan fingerprint density at radius 3 is 0.894 bits per heavy atom. The molecule has 0 fully saturated rings. The van der Waals surface area contributed by atoms with Crippen molar-refractivity contribution in [3.8, 4) is 0 Å². The summed E-state index contributed by atoms with van der Waals surface area (Å²) in [4.78, 5) is 37.7. The predicted octanol–water partition coefficient (Wildman–Crippen LogP) is 19.5. The topological polar surface area (TPSA) is 78.9 Å². The van der Waals surface area contributed by atoms with Gasteiger partial charge in [0.05, 0.1) is 0 Å². The molecule has 6 nitrogen and oxygen atoms in total. The molecule has 1 atom stereocenters. The van der Waals surface area contributed by atoms with Crippen molar-refractivity contribution in [1.82, 2.24) is 0 Å². The van der Waals surface area contributed by atoms with E-state index in [2.05, 4.69) is 45.1 Å². The van der Waals surface area contributed by atoms with Crippen LogP contribution in [0.3, 0.4) is 0 Å². The fraction of sp³-hybridized carbons (Fsp3) is 0.883. The maximum absolute atomic E-state index is 12.7. The maximum atomic E-state index is 12.7. The standard InChI is InChI=1S/C60H112O6/c1-4-7-10-13-15-17-19-21-22-23-24-25-26-27-28-29-30-31-32-33-34-35-36-37-39-40-42-44-47-50-53-59(62)65-56-57(55-64-58(61)52-49-46-12-9-6-3)66-60(63)54-51-48-45-43-41-38-20-18-16-14-11-8-5-2/h11,14,18,20,57H,4-10,12-13,15-17,19,21-56H2,1-3H3/b14-11-,20-18-. The highest BCUT2D eigenvalue weighted by Crippen LogP contribution is 2.18. The lowest BCUT2D eigenvalue weighted by molar-refractivity contribution is -0.167. The number of rotatable bonds is 54. The van der Waals surface area contributed by atoms with Crippen LogP contribution in [0, 0.1) is 0 Å². The molecule has 0 radical (unpaired) electrons. The number of carbonyl (C=O) groups excluding carboxylic acids is 3. The Labute approximate surface area is 411 Å². The average molecular weight is 930 g/mol. The second kappa shape index (κ2) is 55.5. The van der Waals surface area contributed by atoms with Crippen LogP contribution in [0.15, 0.2) is 24.3 Å². The van der Waals surface area contributed by atoms with E-state index in [0.29, 0.717) is 19.3 Å². The third-order valence-electron chi connectivity index (χ3n) is 13.2. The molecule has 0 bridgehead atoms. The molecule has 0 rings (SSSR count). The van der Waals surface area contributed by atoms with Gasteiger partial charge in [-0.25, -0.2) is 0 Å². The van der Waals surface area contributed by atoms with Gasteiger partial charge in [0.25, 0.3) is 0 Å². The van der Waals surface area contributed by atoms with Crippen molar-refractivity contribution in [2.45, 2.75) is 329 Å². The zero-order valence-electron chi connectivity index (χ0n) is 44.5. The molecule has 388 valence electrons. The first kappa shape index (κ1) is 63.9. The molecular weight excluding hydrogens is 817 g/mol. The quantitative estimate of drug-likeness (QED) is 0.0262. The smallest absolute Gasteiger partial charge is 0.306 e. The molecule has 0 spiro atoms. The molecule has 0 amide bonds. The molecule has 0 saturated carbocycles. The maximum Gasteiger partial charge on any atom is 0.306 e. The minimum absolute atomic E-state index is 0.0736. The summed E-state index contributed by atoms with van der Waals surface area (Å²) >= 11 is 0. The number of carbonyl (C=O) groups is 3. The van der Waals surface area contributed by atoms with Crippen LogP contribution in [-0.2, 0) is 28.6 Å². The highest BCUT2D eigenvalue weighted by Gasteiger charge is 2.19. The monoisotopic (exact) mass is 929 g/mol. The van der Waals surface area contributed by atoms with E-state index in [1.165, 1.54) is 186 Å². The van der Waals surface area contributed by atoms with E-state index < -0.39 is 6.10 Å².